The van der Waals surface area contributed by atoms with Crippen LogP contribution in [-0.2, 0) is 13.6 Å². The topological polar surface area (TPSA) is 58.9 Å². The Kier molecular flexibility index (Phi) is 4.05. The quantitative estimate of drug-likeness (QED) is 0.881. The first-order chi connectivity index (χ1) is 10.2. The lowest BCUT2D eigenvalue weighted by Crippen LogP contribution is -2.29. The fraction of sp³-hybridized carbons (Fsp3) is 0.667. The summed E-state index contributed by atoms with van der Waals surface area (Å²) in [6.07, 6.45) is 5.96. The number of hydrogen-bond acceptors (Lipinski definition) is 5. The largest absolute Gasteiger partial charge is 0.370 e. The van der Waals surface area contributed by atoms with Crippen molar-refractivity contribution in [1.29, 1.82) is 0 Å². The van der Waals surface area contributed by atoms with Crippen LogP contribution in [0.5, 0.6) is 0 Å². The molecule has 21 heavy (non-hydrogen) atoms. The minimum Gasteiger partial charge on any atom is -0.370 e. The number of rotatable bonds is 6. The summed E-state index contributed by atoms with van der Waals surface area (Å²) in [7, 11) is 4.08. The highest BCUT2D eigenvalue weighted by molar-refractivity contribution is 5.86. The average molecular weight is 288 g/mol. The van der Waals surface area contributed by atoms with Gasteiger partial charge in [0.1, 0.15) is 11.6 Å². The predicted octanol–water partition coefficient (Wildman–Crippen LogP) is 2.03. The number of nitrogens with zero attached hydrogens (tertiary/aromatic N) is 5. The van der Waals surface area contributed by atoms with Gasteiger partial charge in [0.05, 0.1) is 18.1 Å². The third-order valence-electron chi connectivity index (χ3n) is 4.19. The summed E-state index contributed by atoms with van der Waals surface area (Å²) in [5.41, 5.74) is 0.896. The van der Waals surface area contributed by atoms with Crippen LogP contribution in [0.2, 0.25) is 0 Å². The SMILES string of the molecule is CCNc1nc(CN(C)CC2CCC2)nc2c1cnn2C. The lowest BCUT2D eigenvalue weighted by Gasteiger charge is -2.29. The van der Waals surface area contributed by atoms with E-state index in [2.05, 4.69) is 39.3 Å². The van der Waals surface area contributed by atoms with Crippen LogP contribution in [-0.4, -0.2) is 44.8 Å². The molecule has 1 N–H and O–H groups in total. The molecule has 0 amide bonds. The van der Waals surface area contributed by atoms with Gasteiger partial charge in [0.15, 0.2) is 5.65 Å². The maximum atomic E-state index is 4.68. The number of aromatic nitrogens is 4. The second-order valence-electron chi connectivity index (χ2n) is 6.02. The van der Waals surface area contributed by atoms with Gasteiger partial charge in [0, 0.05) is 20.1 Å². The van der Waals surface area contributed by atoms with E-state index >= 15 is 0 Å². The molecule has 0 radical (unpaired) electrons. The van der Waals surface area contributed by atoms with Crippen molar-refractivity contribution in [3.05, 3.63) is 12.0 Å². The molecule has 0 bridgehead atoms. The normalized spacial score (nSPS) is 15.6. The van der Waals surface area contributed by atoms with Crippen molar-refractivity contribution in [2.45, 2.75) is 32.7 Å². The number of anilines is 1. The molecule has 3 rings (SSSR count). The van der Waals surface area contributed by atoms with E-state index in [1.807, 2.05) is 17.9 Å². The van der Waals surface area contributed by atoms with Gasteiger partial charge in [-0.15, -0.1) is 0 Å². The molecule has 0 spiro atoms. The Hall–Kier alpha value is -1.69. The second-order valence-corrected chi connectivity index (χ2v) is 6.02. The number of nitrogens with one attached hydrogen (secondary N) is 1. The van der Waals surface area contributed by atoms with Crippen molar-refractivity contribution < 1.29 is 0 Å². The van der Waals surface area contributed by atoms with Crippen LogP contribution >= 0.6 is 0 Å². The molecule has 0 aromatic carbocycles. The summed E-state index contributed by atoms with van der Waals surface area (Å²) in [5, 5.41) is 8.60. The molecule has 2 aromatic heterocycles. The fourth-order valence-corrected chi connectivity index (χ4v) is 2.86. The Labute approximate surface area is 125 Å². The Morgan fingerprint density at radius 2 is 2.19 bits per heavy atom. The minimum atomic E-state index is 0.788. The van der Waals surface area contributed by atoms with E-state index in [-0.39, 0.29) is 0 Å². The van der Waals surface area contributed by atoms with Crippen LogP contribution in [0, 0.1) is 5.92 Å². The van der Waals surface area contributed by atoms with Gasteiger partial charge in [0.25, 0.3) is 0 Å². The summed E-state index contributed by atoms with van der Waals surface area (Å²) in [4.78, 5) is 11.7. The monoisotopic (exact) mass is 288 g/mol. The fourth-order valence-electron chi connectivity index (χ4n) is 2.86. The highest BCUT2D eigenvalue weighted by Crippen LogP contribution is 2.27. The molecule has 2 heterocycles. The van der Waals surface area contributed by atoms with Gasteiger partial charge in [-0.1, -0.05) is 6.42 Å². The molecule has 0 unspecified atom stereocenters. The molecule has 1 fully saturated rings. The Bertz CT molecular complexity index is 616. The van der Waals surface area contributed by atoms with Crippen LogP contribution < -0.4 is 5.32 Å². The Balaban J connectivity index is 1.81. The number of fused-ring (bicyclic) bond motifs is 1. The van der Waals surface area contributed by atoms with Gasteiger partial charge in [-0.2, -0.15) is 5.10 Å². The van der Waals surface area contributed by atoms with Crippen LogP contribution in [0.4, 0.5) is 5.82 Å². The zero-order valence-electron chi connectivity index (χ0n) is 13.1. The molecule has 6 heteroatoms. The first kappa shape index (κ1) is 14.3. The molecular weight excluding hydrogens is 264 g/mol. The third kappa shape index (κ3) is 3.00. The third-order valence-corrected chi connectivity index (χ3v) is 4.19. The molecule has 1 aliphatic rings. The molecular formula is C15H24N6. The molecule has 2 aromatic rings. The summed E-state index contributed by atoms with van der Waals surface area (Å²) in [6, 6.07) is 0. The van der Waals surface area contributed by atoms with Crippen LogP contribution in [0.1, 0.15) is 32.0 Å². The first-order valence-electron chi connectivity index (χ1n) is 7.78. The van der Waals surface area contributed by atoms with Gasteiger partial charge in [-0.25, -0.2) is 9.97 Å². The zero-order valence-corrected chi connectivity index (χ0v) is 13.1. The van der Waals surface area contributed by atoms with Gasteiger partial charge < -0.3 is 5.32 Å². The van der Waals surface area contributed by atoms with E-state index < -0.39 is 0 Å². The highest BCUT2D eigenvalue weighted by Gasteiger charge is 2.20. The van der Waals surface area contributed by atoms with Gasteiger partial charge in [-0.3, -0.25) is 9.58 Å². The van der Waals surface area contributed by atoms with Crippen molar-refractivity contribution in [1.82, 2.24) is 24.6 Å². The van der Waals surface area contributed by atoms with E-state index in [0.29, 0.717) is 0 Å². The van der Waals surface area contributed by atoms with Crippen molar-refractivity contribution in [2.24, 2.45) is 13.0 Å². The Morgan fingerprint density at radius 3 is 2.86 bits per heavy atom. The van der Waals surface area contributed by atoms with E-state index in [9.17, 15) is 0 Å². The van der Waals surface area contributed by atoms with E-state index in [1.54, 1.807) is 0 Å². The average Bonchev–Trinajstić information content (AvgIpc) is 2.77. The van der Waals surface area contributed by atoms with Crippen LogP contribution in [0.3, 0.4) is 0 Å². The lowest BCUT2D eigenvalue weighted by molar-refractivity contribution is 0.197. The molecule has 0 saturated heterocycles. The lowest BCUT2D eigenvalue weighted by atomic mass is 9.85. The van der Waals surface area contributed by atoms with Gasteiger partial charge in [-0.05, 0) is 32.7 Å². The zero-order chi connectivity index (χ0) is 14.8. The minimum absolute atomic E-state index is 0.788. The summed E-state index contributed by atoms with van der Waals surface area (Å²) >= 11 is 0. The summed E-state index contributed by atoms with van der Waals surface area (Å²) in [5.74, 6) is 2.62. The van der Waals surface area contributed by atoms with Crippen LogP contribution in [0.25, 0.3) is 11.0 Å². The van der Waals surface area contributed by atoms with Crippen molar-refractivity contribution >= 4 is 16.9 Å². The Morgan fingerprint density at radius 1 is 1.38 bits per heavy atom. The summed E-state index contributed by atoms with van der Waals surface area (Å²) < 4.78 is 1.81. The standard InChI is InChI=1S/C15H24N6/c1-4-16-14-12-8-17-21(3)15(12)19-13(18-14)10-20(2)9-11-6-5-7-11/h8,11H,4-7,9-10H2,1-3H3,(H,16,18,19). The maximum Gasteiger partial charge on any atom is 0.163 e. The molecule has 0 atom stereocenters. The smallest absolute Gasteiger partial charge is 0.163 e. The molecule has 0 aliphatic heterocycles. The van der Waals surface area contributed by atoms with Crippen molar-refractivity contribution in [2.75, 3.05) is 25.5 Å². The maximum absolute atomic E-state index is 4.68. The first-order valence-corrected chi connectivity index (χ1v) is 7.78. The van der Waals surface area contributed by atoms with E-state index in [4.69, 9.17) is 0 Å². The van der Waals surface area contributed by atoms with Crippen LogP contribution in [0.15, 0.2) is 6.20 Å². The number of aryl methyl sites for hydroxylation is 1. The van der Waals surface area contributed by atoms with Crippen molar-refractivity contribution in [3.8, 4) is 0 Å². The van der Waals surface area contributed by atoms with Gasteiger partial charge >= 0.3 is 0 Å². The van der Waals surface area contributed by atoms with Gasteiger partial charge in [0.2, 0.25) is 0 Å². The molecule has 1 saturated carbocycles. The predicted molar refractivity (Wildman–Crippen MR) is 84.1 cm³/mol. The highest BCUT2D eigenvalue weighted by atomic mass is 15.3. The molecule has 1 aliphatic carbocycles. The van der Waals surface area contributed by atoms with E-state index in [0.717, 1.165) is 48.2 Å². The second kappa shape index (κ2) is 5.97. The number of hydrogen-bond donors (Lipinski definition) is 1. The molecule has 114 valence electrons. The summed E-state index contributed by atoms with van der Waals surface area (Å²) in [6.45, 7) is 4.85. The molecule has 6 nitrogen and oxygen atoms in total. The van der Waals surface area contributed by atoms with Crippen molar-refractivity contribution in [3.63, 3.8) is 0 Å². The van der Waals surface area contributed by atoms with E-state index in [1.165, 1.54) is 19.3 Å².